The van der Waals surface area contributed by atoms with E-state index in [0.717, 1.165) is 25.9 Å². The summed E-state index contributed by atoms with van der Waals surface area (Å²) in [5.41, 5.74) is 0. The Morgan fingerprint density at radius 3 is 1.71 bits per heavy atom. The number of nitrogens with zero attached hydrogens (tertiary/aromatic N) is 4. The second-order valence-corrected chi connectivity index (χ2v) is 4.03. The normalized spacial score (nSPS) is 10.1. The first-order valence-corrected chi connectivity index (χ1v) is 6.08. The summed E-state index contributed by atoms with van der Waals surface area (Å²) >= 11 is 0. The molecule has 0 aliphatic carbocycles. The number of hydrogen-bond donors (Lipinski definition) is 2. The Bertz CT molecular complexity index is 312. The van der Waals surface area contributed by atoms with Gasteiger partial charge in [-0.25, -0.2) is 0 Å². The number of anilines is 3. The maximum Gasteiger partial charge on any atom is 0.231 e. The summed E-state index contributed by atoms with van der Waals surface area (Å²) in [6, 6.07) is 0. The zero-order chi connectivity index (χ0) is 12.7. The van der Waals surface area contributed by atoms with E-state index in [1.807, 2.05) is 19.0 Å². The van der Waals surface area contributed by atoms with Gasteiger partial charge in [-0.3, -0.25) is 0 Å². The quantitative estimate of drug-likeness (QED) is 0.752. The largest absolute Gasteiger partial charge is 0.354 e. The predicted octanol–water partition coefficient (Wildman–Crippen LogP) is 1.58. The van der Waals surface area contributed by atoms with E-state index in [1.54, 1.807) is 0 Å². The predicted molar refractivity (Wildman–Crippen MR) is 71.7 cm³/mol. The summed E-state index contributed by atoms with van der Waals surface area (Å²) in [6.07, 6.45) is 2.08. The van der Waals surface area contributed by atoms with Crippen LogP contribution in [0.3, 0.4) is 0 Å². The summed E-state index contributed by atoms with van der Waals surface area (Å²) in [7, 11) is 3.84. The van der Waals surface area contributed by atoms with Crippen molar-refractivity contribution in [2.24, 2.45) is 0 Å². The van der Waals surface area contributed by atoms with Crippen LogP contribution >= 0.6 is 0 Å². The van der Waals surface area contributed by atoms with E-state index in [9.17, 15) is 0 Å². The Hall–Kier alpha value is -1.59. The molecule has 0 bridgehead atoms. The fourth-order valence-electron chi connectivity index (χ4n) is 1.20. The van der Waals surface area contributed by atoms with Crippen LogP contribution in [0.4, 0.5) is 17.8 Å². The Morgan fingerprint density at radius 2 is 1.35 bits per heavy atom. The smallest absolute Gasteiger partial charge is 0.231 e. The van der Waals surface area contributed by atoms with Gasteiger partial charge < -0.3 is 15.5 Å². The number of nitrogens with one attached hydrogen (secondary N) is 2. The highest BCUT2D eigenvalue weighted by atomic mass is 15.3. The lowest BCUT2D eigenvalue weighted by Crippen LogP contribution is -2.17. The van der Waals surface area contributed by atoms with E-state index < -0.39 is 0 Å². The van der Waals surface area contributed by atoms with E-state index in [-0.39, 0.29) is 0 Å². The van der Waals surface area contributed by atoms with Gasteiger partial charge in [0.2, 0.25) is 17.8 Å². The fraction of sp³-hybridized carbons (Fsp3) is 0.727. The van der Waals surface area contributed by atoms with Crippen molar-refractivity contribution in [2.75, 3.05) is 42.7 Å². The van der Waals surface area contributed by atoms with Crippen LogP contribution in [0.25, 0.3) is 0 Å². The molecule has 0 aromatic carbocycles. The molecule has 0 aliphatic rings. The Morgan fingerprint density at radius 1 is 0.882 bits per heavy atom. The summed E-state index contributed by atoms with van der Waals surface area (Å²) in [6.45, 7) is 5.95. The molecule has 0 unspecified atom stereocenters. The highest BCUT2D eigenvalue weighted by molar-refractivity contribution is 5.42. The lowest BCUT2D eigenvalue weighted by atomic mass is 10.5. The topological polar surface area (TPSA) is 66.0 Å². The maximum absolute atomic E-state index is 4.33. The highest BCUT2D eigenvalue weighted by Crippen LogP contribution is 2.11. The molecule has 2 N–H and O–H groups in total. The van der Waals surface area contributed by atoms with Crippen LogP contribution in [0.5, 0.6) is 0 Å². The lowest BCUT2D eigenvalue weighted by molar-refractivity contribution is 0.898. The van der Waals surface area contributed by atoms with Crippen molar-refractivity contribution < 1.29 is 0 Å². The third-order valence-electron chi connectivity index (χ3n) is 2.09. The molecule has 0 amide bonds. The molecular weight excluding hydrogens is 216 g/mol. The number of rotatable bonds is 7. The van der Waals surface area contributed by atoms with Gasteiger partial charge in [0, 0.05) is 27.2 Å². The maximum atomic E-state index is 4.33. The first-order chi connectivity index (χ1) is 8.17. The van der Waals surface area contributed by atoms with Crippen molar-refractivity contribution in [3.63, 3.8) is 0 Å². The van der Waals surface area contributed by atoms with Gasteiger partial charge in [-0.1, -0.05) is 13.8 Å². The molecule has 6 heteroatoms. The molecule has 96 valence electrons. The van der Waals surface area contributed by atoms with Crippen molar-refractivity contribution >= 4 is 17.8 Å². The van der Waals surface area contributed by atoms with Crippen LogP contribution < -0.4 is 15.5 Å². The van der Waals surface area contributed by atoms with Crippen LogP contribution in [0.2, 0.25) is 0 Å². The third-order valence-corrected chi connectivity index (χ3v) is 2.09. The van der Waals surface area contributed by atoms with E-state index >= 15 is 0 Å². The molecule has 0 atom stereocenters. The molecular formula is C11H22N6. The van der Waals surface area contributed by atoms with Crippen LogP contribution in [0, 0.1) is 0 Å². The van der Waals surface area contributed by atoms with Gasteiger partial charge in [-0.15, -0.1) is 0 Å². The van der Waals surface area contributed by atoms with Crippen LogP contribution in [0.15, 0.2) is 0 Å². The minimum atomic E-state index is 0.629. The van der Waals surface area contributed by atoms with E-state index in [1.165, 1.54) is 0 Å². The Kier molecular flexibility index (Phi) is 5.45. The highest BCUT2D eigenvalue weighted by Gasteiger charge is 2.06. The van der Waals surface area contributed by atoms with Gasteiger partial charge in [0.1, 0.15) is 0 Å². The molecule has 0 spiro atoms. The van der Waals surface area contributed by atoms with Crippen LogP contribution in [-0.4, -0.2) is 42.1 Å². The second kappa shape index (κ2) is 6.88. The standard InChI is InChI=1S/C11H22N6/c1-5-7-12-9-14-10(13-8-6-2)16-11(15-9)17(3)4/h5-8H2,1-4H3,(H2,12,13,14,15,16). The molecule has 0 aliphatic heterocycles. The summed E-state index contributed by atoms with van der Waals surface area (Å²) in [5.74, 6) is 1.92. The SMILES string of the molecule is CCCNc1nc(NCCC)nc(N(C)C)n1. The van der Waals surface area contributed by atoms with Crippen molar-refractivity contribution in [2.45, 2.75) is 26.7 Å². The molecule has 1 aromatic heterocycles. The van der Waals surface area contributed by atoms with Gasteiger partial charge in [-0.05, 0) is 12.8 Å². The zero-order valence-electron chi connectivity index (χ0n) is 11.1. The lowest BCUT2D eigenvalue weighted by Gasteiger charge is -2.13. The van der Waals surface area contributed by atoms with Gasteiger partial charge in [-0.2, -0.15) is 15.0 Å². The third kappa shape index (κ3) is 4.42. The fourth-order valence-corrected chi connectivity index (χ4v) is 1.20. The Labute approximate surface area is 103 Å². The molecule has 0 saturated carbocycles. The van der Waals surface area contributed by atoms with Crippen LogP contribution in [-0.2, 0) is 0 Å². The summed E-state index contributed by atoms with van der Waals surface area (Å²) in [5, 5.41) is 6.36. The molecule has 17 heavy (non-hydrogen) atoms. The second-order valence-electron chi connectivity index (χ2n) is 4.03. The molecule has 0 fully saturated rings. The first kappa shape index (κ1) is 13.5. The van der Waals surface area contributed by atoms with Gasteiger partial charge >= 0.3 is 0 Å². The van der Waals surface area contributed by atoms with Gasteiger partial charge in [0.05, 0.1) is 0 Å². The van der Waals surface area contributed by atoms with E-state index in [2.05, 4.69) is 39.4 Å². The van der Waals surface area contributed by atoms with Crippen LogP contribution in [0.1, 0.15) is 26.7 Å². The molecule has 1 aromatic rings. The summed E-state index contributed by atoms with van der Waals surface area (Å²) in [4.78, 5) is 14.9. The van der Waals surface area contributed by atoms with E-state index in [4.69, 9.17) is 0 Å². The van der Waals surface area contributed by atoms with Crippen molar-refractivity contribution in [1.29, 1.82) is 0 Å². The molecule has 1 heterocycles. The average Bonchev–Trinajstić information content (AvgIpc) is 2.33. The van der Waals surface area contributed by atoms with Crippen molar-refractivity contribution in [3.05, 3.63) is 0 Å². The Balaban J connectivity index is 2.84. The molecule has 0 saturated heterocycles. The molecule has 6 nitrogen and oxygen atoms in total. The number of hydrogen-bond acceptors (Lipinski definition) is 6. The van der Waals surface area contributed by atoms with Crippen molar-refractivity contribution in [3.8, 4) is 0 Å². The van der Waals surface area contributed by atoms with E-state index in [0.29, 0.717) is 17.8 Å². The molecule has 1 rings (SSSR count). The first-order valence-electron chi connectivity index (χ1n) is 6.08. The average molecular weight is 238 g/mol. The summed E-state index contributed by atoms with van der Waals surface area (Å²) < 4.78 is 0. The van der Waals surface area contributed by atoms with Gasteiger partial charge in [0.15, 0.2) is 0 Å². The molecule has 0 radical (unpaired) electrons. The minimum Gasteiger partial charge on any atom is -0.354 e. The zero-order valence-corrected chi connectivity index (χ0v) is 11.1. The minimum absolute atomic E-state index is 0.629. The number of aromatic nitrogens is 3. The van der Waals surface area contributed by atoms with Gasteiger partial charge in [0.25, 0.3) is 0 Å². The monoisotopic (exact) mass is 238 g/mol. The van der Waals surface area contributed by atoms with Crippen molar-refractivity contribution in [1.82, 2.24) is 15.0 Å².